The molecule has 2 aromatic rings. The molecule has 3 amide bonds. The predicted octanol–water partition coefficient (Wildman–Crippen LogP) is 3.87. The van der Waals surface area contributed by atoms with Crippen LogP contribution in [-0.2, 0) is 19.9 Å². The first kappa shape index (κ1) is 20.1. The molecule has 4 aliphatic rings. The second-order valence-corrected chi connectivity index (χ2v) is 9.72. The van der Waals surface area contributed by atoms with E-state index in [1.807, 2.05) is 17.9 Å². The van der Waals surface area contributed by atoms with Gasteiger partial charge >= 0.3 is 0 Å². The van der Waals surface area contributed by atoms with Gasteiger partial charge in [0, 0.05) is 11.6 Å². The van der Waals surface area contributed by atoms with E-state index in [2.05, 4.69) is 5.32 Å². The van der Waals surface area contributed by atoms with Crippen molar-refractivity contribution in [3.63, 3.8) is 0 Å². The van der Waals surface area contributed by atoms with Gasteiger partial charge in [0.05, 0.1) is 33.3 Å². The minimum absolute atomic E-state index is 0.177. The summed E-state index contributed by atoms with van der Waals surface area (Å²) < 4.78 is 13.7. The number of hydrogen-bond acceptors (Lipinski definition) is 4. The smallest absolute Gasteiger partial charge is 0.250 e. The third-order valence-electron chi connectivity index (χ3n) is 7.36. The largest absolute Gasteiger partial charge is 0.323 e. The molecule has 164 valence electrons. The van der Waals surface area contributed by atoms with Crippen molar-refractivity contribution in [1.82, 2.24) is 4.90 Å². The number of nitrogens with one attached hydrogen (secondary N) is 1. The molecular weight excluding hydrogens is 456 g/mol. The Morgan fingerprint density at radius 1 is 1.09 bits per heavy atom. The van der Waals surface area contributed by atoms with E-state index in [1.54, 1.807) is 6.07 Å². The van der Waals surface area contributed by atoms with Gasteiger partial charge in [0.1, 0.15) is 11.4 Å². The van der Waals surface area contributed by atoms with Crippen molar-refractivity contribution in [2.45, 2.75) is 31.3 Å². The second-order valence-electron chi connectivity index (χ2n) is 8.91. The van der Waals surface area contributed by atoms with E-state index in [0.717, 1.165) is 23.0 Å². The van der Waals surface area contributed by atoms with Crippen LogP contribution in [0, 0.1) is 24.6 Å². The minimum atomic E-state index is -1.30. The van der Waals surface area contributed by atoms with Crippen molar-refractivity contribution in [1.29, 1.82) is 0 Å². The molecule has 4 heterocycles. The molecule has 4 atom stereocenters. The fourth-order valence-corrected chi connectivity index (χ4v) is 6.77. The molecule has 0 aromatic heterocycles. The highest BCUT2D eigenvalue weighted by Crippen LogP contribution is 2.61. The molecule has 1 N–H and O–H groups in total. The van der Waals surface area contributed by atoms with Crippen LogP contribution in [0.25, 0.3) is 0 Å². The molecule has 0 unspecified atom stereocenters. The SMILES string of the molecule is Cc1cc(Cl)c2c(c1)[C@@]1(C(=O)N2)[C@H]2C(=O)N(c3ccc(F)c(Cl)c3)C(=O)[C@H]2[C@H]2CCCN21. The van der Waals surface area contributed by atoms with Crippen LogP contribution in [0.5, 0.6) is 0 Å². The van der Waals surface area contributed by atoms with E-state index in [-0.39, 0.29) is 28.6 Å². The number of rotatable bonds is 1. The number of anilines is 2. The first-order valence-corrected chi connectivity index (χ1v) is 11.2. The lowest BCUT2D eigenvalue weighted by Crippen LogP contribution is -2.54. The summed E-state index contributed by atoms with van der Waals surface area (Å²) in [6.07, 6.45) is 1.53. The summed E-state index contributed by atoms with van der Waals surface area (Å²) in [6.45, 7) is 2.49. The van der Waals surface area contributed by atoms with Crippen molar-refractivity contribution < 1.29 is 18.8 Å². The summed E-state index contributed by atoms with van der Waals surface area (Å²) in [4.78, 5) is 44.2. The number of carbonyl (C=O) groups excluding carboxylic acids is 3. The van der Waals surface area contributed by atoms with Gasteiger partial charge in [0.2, 0.25) is 11.8 Å². The van der Waals surface area contributed by atoms with E-state index in [1.165, 1.54) is 12.1 Å². The Kier molecular flexibility index (Phi) is 4.11. The Hall–Kier alpha value is -2.48. The van der Waals surface area contributed by atoms with Gasteiger partial charge in [-0.15, -0.1) is 0 Å². The van der Waals surface area contributed by atoms with Gasteiger partial charge in [0.15, 0.2) is 0 Å². The highest BCUT2D eigenvalue weighted by Gasteiger charge is 2.74. The first-order valence-electron chi connectivity index (χ1n) is 10.5. The van der Waals surface area contributed by atoms with Gasteiger partial charge in [-0.25, -0.2) is 9.29 Å². The lowest BCUT2D eigenvalue weighted by Gasteiger charge is -2.36. The summed E-state index contributed by atoms with van der Waals surface area (Å²) in [6, 6.07) is 7.17. The van der Waals surface area contributed by atoms with Gasteiger partial charge < -0.3 is 5.32 Å². The zero-order chi connectivity index (χ0) is 22.5. The first-order chi connectivity index (χ1) is 15.3. The van der Waals surface area contributed by atoms with Gasteiger partial charge in [0.25, 0.3) is 5.91 Å². The number of fused-ring (bicyclic) bond motifs is 7. The molecule has 32 heavy (non-hydrogen) atoms. The van der Waals surface area contributed by atoms with E-state index >= 15 is 0 Å². The fraction of sp³-hybridized carbons (Fsp3) is 0.348. The average molecular weight is 474 g/mol. The van der Waals surface area contributed by atoms with Gasteiger partial charge in [-0.2, -0.15) is 0 Å². The monoisotopic (exact) mass is 473 g/mol. The summed E-state index contributed by atoms with van der Waals surface area (Å²) in [5.74, 6) is -3.40. The quantitative estimate of drug-likeness (QED) is 0.638. The Labute approximate surface area is 193 Å². The number of amides is 3. The van der Waals surface area contributed by atoms with Crippen molar-refractivity contribution in [2.75, 3.05) is 16.8 Å². The third-order valence-corrected chi connectivity index (χ3v) is 7.95. The Balaban J connectivity index is 1.57. The number of halogens is 3. The van der Waals surface area contributed by atoms with Crippen LogP contribution in [0.15, 0.2) is 30.3 Å². The van der Waals surface area contributed by atoms with E-state index in [4.69, 9.17) is 23.2 Å². The Morgan fingerprint density at radius 3 is 2.62 bits per heavy atom. The lowest BCUT2D eigenvalue weighted by molar-refractivity contribution is -0.135. The zero-order valence-corrected chi connectivity index (χ0v) is 18.5. The van der Waals surface area contributed by atoms with Crippen molar-refractivity contribution in [3.05, 3.63) is 57.3 Å². The molecule has 3 fully saturated rings. The molecule has 1 spiro atoms. The molecule has 6 nitrogen and oxygen atoms in total. The maximum Gasteiger partial charge on any atom is 0.250 e. The van der Waals surface area contributed by atoms with Crippen molar-refractivity contribution in [2.24, 2.45) is 11.8 Å². The molecule has 9 heteroatoms. The third kappa shape index (κ3) is 2.26. The van der Waals surface area contributed by atoms with Crippen LogP contribution in [0.4, 0.5) is 15.8 Å². The van der Waals surface area contributed by atoms with Gasteiger partial charge in [-0.3, -0.25) is 19.3 Å². The molecule has 0 bridgehead atoms. The highest BCUT2D eigenvalue weighted by molar-refractivity contribution is 6.35. The predicted molar refractivity (Wildman–Crippen MR) is 117 cm³/mol. The number of benzene rings is 2. The van der Waals surface area contributed by atoms with Crippen LogP contribution in [0.2, 0.25) is 10.0 Å². The van der Waals surface area contributed by atoms with E-state index in [9.17, 15) is 18.8 Å². The van der Waals surface area contributed by atoms with Crippen LogP contribution >= 0.6 is 23.2 Å². The summed E-state index contributed by atoms with van der Waals surface area (Å²) in [5, 5.41) is 3.12. The van der Waals surface area contributed by atoms with Crippen LogP contribution in [0.3, 0.4) is 0 Å². The number of hydrogen-bond donors (Lipinski definition) is 1. The number of aryl methyl sites for hydroxylation is 1. The molecule has 4 aliphatic heterocycles. The minimum Gasteiger partial charge on any atom is -0.323 e. The van der Waals surface area contributed by atoms with Crippen LogP contribution < -0.4 is 10.2 Å². The molecule has 3 saturated heterocycles. The fourth-order valence-electron chi connectivity index (χ4n) is 6.27. The number of imide groups is 1. The van der Waals surface area contributed by atoms with Crippen LogP contribution in [0.1, 0.15) is 24.0 Å². The standard InChI is InChI=1S/C23H18Cl2FN3O3/c1-10-7-12-19(14(25)8-10)27-22(32)23(12)18-17(16-3-2-6-28(16)23)20(30)29(21(18)31)11-4-5-15(26)13(24)9-11/h4-5,7-9,16-18H,2-3,6H2,1H3,(H,27,32)/t16-,17+,18-,23+/m1/s1. The van der Waals surface area contributed by atoms with E-state index < -0.39 is 29.1 Å². The number of carbonyl (C=O) groups is 3. The topological polar surface area (TPSA) is 69.7 Å². The van der Waals surface area contributed by atoms with Gasteiger partial charge in [-0.1, -0.05) is 29.3 Å². The molecule has 0 saturated carbocycles. The van der Waals surface area contributed by atoms with Gasteiger partial charge in [-0.05, 0) is 56.1 Å². The molecule has 2 aromatic carbocycles. The zero-order valence-electron chi connectivity index (χ0n) is 17.0. The maximum atomic E-state index is 13.8. The Bertz CT molecular complexity index is 1250. The second kappa shape index (κ2) is 6.53. The van der Waals surface area contributed by atoms with Crippen molar-refractivity contribution in [3.8, 4) is 0 Å². The normalized spacial score (nSPS) is 30.8. The summed E-state index contributed by atoms with van der Waals surface area (Å²) >= 11 is 12.4. The molecular formula is C23H18Cl2FN3O3. The average Bonchev–Trinajstić information content (AvgIpc) is 3.44. The van der Waals surface area contributed by atoms with Crippen LogP contribution in [-0.4, -0.2) is 35.2 Å². The highest BCUT2D eigenvalue weighted by atomic mass is 35.5. The number of nitrogens with zero attached hydrogens (tertiary/aromatic N) is 2. The lowest BCUT2D eigenvalue weighted by atomic mass is 9.75. The summed E-state index contributed by atoms with van der Waals surface area (Å²) in [7, 11) is 0. The summed E-state index contributed by atoms with van der Waals surface area (Å²) in [5.41, 5.74) is 0.913. The Morgan fingerprint density at radius 2 is 1.88 bits per heavy atom. The van der Waals surface area contributed by atoms with Crippen molar-refractivity contribution >= 4 is 52.3 Å². The van der Waals surface area contributed by atoms with E-state index in [0.29, 0.717) is 29.2 Å². The molecule has 6 rings (SSSR count). The molecule has 0 radical (unpaired) electrons. The maximum absolute atomic E-state index is 13.8. The molecule has 0 aliphatic carbocycles.